The summed E-state index contributed by atoms with van der Waals surface area (Å²) >= 11 is 0. The molecule has 0 radical (unpaired) electrons. The van der Waals surface area contributed by atoms with Gasteiger partial charge in [-0.2, -0.15) is 5.10 Å². The summed E-state index contributed by atoms with van der Waals surface area (Å²) < 4.78 is 11.1. The van der Waals surface area contributed by atoms with Crippen molar-refractivity contribution in [2.24, 2.45) is 5.73 Å². The highest BCUT2D eigenvalue weighted by Crippen LogP contribution is 2.29. The molecule has 4 N–H and O–H groups in total. The molecule has 0 spiro atoms. The highest BCUT2D eigenvalue weighted by Gasteiger charge is 2.12. The molecule has 0 bridgehead atoms. The third-order valence-electron chi connectivity index (χ3n) is 3.93. The fourth-order valence-corrected chi connectivity index (χ4v) is 2.61. The third-order valence-corrected chi connectivity index (χ3v) is 3.93. The van der Waals surface area contributed by atoms with Gasteiger partial charge in [0.05, 0.1) is 19.8 Å². The van der Waals surface area contributed by atoms with E-state index in [-0.39, 0.29) is 5.91 Å². The number of carbonyl (C=O) groups excluding carboxylic acids is 1. The number of aromatic amines is 1. The molecule has 28 heavy (non-hydrogen) atoms. The van der Waals surface area contributed by atoms with E-state index >= 15 is 0 Å². The lowest BCUT2D eigenvalue weighted by Crippen LogP contribution is -2.12. The van der Waals surface area contributed by atoms with Crippen LogP contribution in [-0.2, 0) is 6.54 Å². The molecule has 0 unspecified atom stereocenters. The fraction of sp³-hybridized carbons (Fsp3) is 0.250. The highest BCUT2D eigenvalue weighted by atomic mass is 16.5. The zero-order valence-corrected chi connectivity index (χ0v) is 15.9. The van der Waals surface area contributed by atoms with Gasteiger partial charge in [-0.05, 0) is 56.3 Å². The molecule has 3 aromatic rings. The van der Waals surface area contributed by atoms with E-state index in [9.17, 15) is 4.79 Å². The maximum Gasteiger partial charge on any atom is 0.255 e. The Morgan fingerprint density at radius 2 is 1.79 bits per heavy atom. The number of hydrogen-bond donors (Lipinski definition) is 3. The van der Waals surface area contributed by atoms with Crippen LogP contribution in [0.2, 0.25) is 0 Å². The van der Waals surface area contributed by atoms with Gasteiger partial charge in [-0.3, -0.25) is 9.89 Å². The number of carbonyl (C=O) groups is 1. The molecule has 1 aromatic heterocycles. The summed E-state index contributed by atoms with van der Waals surface area (Å²) in [6, 6.07) is 12.4. The van der Waals surface area contributed by atoms with Gasteiger partial charge >= 0.3 is 0 Å². The number of rotatable bonds is 8. The second kappa shape index (κ2) is 9.01. The van der Waals surface area contributed by atoms with Crippen LogP contribution >= 0.6 is 0 Å². The molecule has 0 atom stereocenters. The lowest BCUT2D eigenvalue weighted by atomic mass is 10.1. The maximum absolute atomic E-state index is 12.6. The van der Waals surface area contributed by atoms with Gasteiger partial charge < -0.3 is 20.5 Å². The molecule has 0 aliphatic heterocycles. The number of H-pyrrole nitrogens is 1. The lowest BCUT2D eigenvalue weighted by molar-refractivity contribution is 0.102. The van der Waals surface area contributed by atoms with E-state index in [0.29, 0.717) is 54.2 Å². The summed E-state index contributed by atoms with van der Waals surface area (Å²) in [5.41, 5.74) is 7.51. The van der Waals surface area contributed by atoms with Crippen molar-refractivity contribution in [3.05, 3.63) is 53.9 Å². The molecule has 0 saturated carbocycles. The molecule has 8 nitrogen and oxygen atoms in total. The SMILES string of the molecule is CCOc1ccc(C(=O)Nc2ccc(-c3n[nH]c(CN)n3)cc2)cc1OCC. The topological polar surface area (TPSA) is 115 Å². The molecule has 0 aliphatic carbocycles. The van der Waals surface area contributed by atoms with Gasteiger partial charge in [0.15, 0.2) is 17.3 Å². The van der Waals surface area contributed by atoms with Crippen LogP contribution in [0.25, 0.3) is 11.4 Å². The number of nitrogens with one attached hydrogen (secondary N) is 2. The van der Waals surface area contributed by atoms with E-state index in [1.165, 1.54) is 0 Å². The summed E-state index contributed by atoms with van der Waals surface area (Å²) in [7, 11) is 0. The van der Waals surface area contributed by atoms with Crippen LogP contribution in [0.15, 0.2) is 42.5 Å². The predicted molar refractivity (Wildman–Crippen MR) is 106 cm³/mol. The van der Waals surface area contributed by atoms with Crippen LogP contribution in [0.3, 0.4) is 0 Å². The van der Waals surface area contributed by atoms with Gasteiger partial charge in [0.25, 0.3) is 5.91 Å². The van der Waals surface area contributed by atoms with Crippen LogP contribution < -0.4 is 20.5 Å². The number of aromatic nitrogens is 3. The van der Waals surface area contributed by atoms with E-state index in [0.717, 1.165) is 5.56 Å². The van der Waals surface area contributed by atoms with Crippen molar-refractivity contribution in [2.45, 2.75) is 20.4 Å². The molecule has 2 aromatic carbocycles. The third kappa shape index (κ3) is 4.47. The second-order valence-corrected chi connectivity index (χ2v) is 5.87. The Bertz CT molecular complexity index is 937. The van der Waals surface area contributed by atoms with Gasteiger partial charge in [-0.15, -0.1) is 0 Å². The monoisotopic (exact) mass is 381 g/mol. The molecule has 0 fully saturated rings. The molecule has 0 saturated heterocycles. The first-order valence-corrected chi connectivity index (χ1v) is 9.07. The number of hydrogen-bond acceptors (Lipinski definition) is 6. The normalized spacial score (nSPS) is 10.5. The van der Waals surface area contributed by atoms with Gasteiger partial charge in [0, 0.05) is 16.8 Å². The largest absolute Gasteiger partial charge is 0.490 e. The van der Waals surface area contributed by atoms with Crippen LogP contribution in [0.4, 0.5) is 5.69 Å². The zero-order valence-electron chi connectivity index (χ0n) is 15.9. The van der Waals surface area contributed by atoms with Crippen molar-refractivity contribution in [3.63, 3.8) is 0 Å². The first-order valence-electron chi connectivity index (χ1n) is 9.07. The van der Waals surface area contributed by atoms with Crippen molar-refractivity contribution in [1.82, 2.24) is 15.2 Å². The van der Waals surface area contributed by atoms with Crippen LogP contribution in [-0.4, -0.2) is 34.3 Å². The quantitative estimate of drug-likeness (QED) is 0.552. The summed E-state index contributed by atoms with van der Waals surface area (Å²) in [5, 5.41) is 9.76. The molecule has 1 amide bonds. The Balaban J connectivity index is 1.72. The predicted octanol–water partition coefficient (Wildman–Crippen LogP) is 2.98. The first kappa shape index (κ1) is 19.4. The van der Waals surface area contributed by atoms with Crippen LogP contribution in [0.1, 0.15) is 30.0 Å². The molecule has 3 rings (SSSR count). The van der Waals surface area contributed by atoms with Crippen molar-refractivity contribution >= 4 is 11.6 Å². The van der Waals surface area contributed by atoms with E-state index < -0.39 is 0 Å². The molecule has 0 aliphatic rings. The Labute approximate surface area is 163 Å². The Kier molecular flexibility index (Phi) is 6.23. The Morgan fingerprint density at radius 3 is 2.43 bits per heavy atom. The number of benzene rings is 2. The van der Waals surface area contributed by atoms with Gasteiger partial charge in [-0.1, -0.05) is 0 Å². The average molecular weight is 381 g/mol. The van der Waals surface area contributed by atoms with E-state index in [1.807, 2.05) is 26.0 Å². The van der Waals surface area contributed by atoms with Gasteiger partial charge in [-0.25, -0.2) is 4.98 Å². The van der Waals surface area contributed by atoms with Crippen molar-refractivity contribution in [1.29, 1.82) is 0 Å². The van der Waals surface area contributed by atoms with Crippen LogP contribution in [0.5, 0.6) is 11.5 Å². The number of nitrogens with two attached hydrogens (primary N) is 1. The molecular formula is C20H23N5O3. The molecule has 8 heteroatoms. The molecule has 146 valence electrons. The minimum atomic E-state index is -0.236. The number of ether oxygens (including phenoxy) is 2. The van der Waals surface area contributed by atoms with E-state index in [2.05, 4.69) is 20.5 Å². The standard InChI is InChI=1S/C20H23N5O3/c1-3-27-16-10-7-14(11-17(16)28-4-2)20(26)22-15-8-5-13(6-9-15)19-23-18(12-21)24-25-19/h5-11H,3-4,12,21H2,1-2H3,(H,22,26)(H,23,24,25). The minimum Gasteiger partial charge on any atom is -0.490 e. The summed E-state index contributed by atoms with van der Waals surface area (Å²) in [6.07, 6.45) is 0. The summed E-state index contributed by atoms with van der Waals surface area (Å²) in [5.74, 6) is 2.11. The number of amides is 1. The maximum atomic E-state index is 12.6. The van der Waals surface area contributed by atoms with Crippen LogP contribution in [0, 0.1) is 0 Å². The van der Waals surface area contributed by atoms with Crippen molar-refractivity contribution in [3.8, 4) is 22.9 Å². The van der Waals surface area contributed by atoms with Crippen molar-refractivity contribution < 1.29 is 14.3 Å². The molecule has 1 heterocycles. The van der Waals surface area contributed by atoms with Gasteiger partial charge in [0.2, 0.25) is 0 Å². The summed E-state index contributed by atoms with van der Waals surface area (Å²) in [6.45, 7) is 5.09. The first-order chi connectivity index (χ1) is 13.6. The average Bonchev–Trinajstić information content (AvgIpc) is 3.19. The Morgan fingerprint density at radius 1 is 1.07 bits per heavy atom. The number of nitrogens with zero attached hydrogens (tertiary/aromatic N) is 2. The van der Waals surface area contributed by atoms with Crippen molar-refractivity contribution in [2.75, 3.05) is 18.5 Å². The lowest BCUT2D eigenvalue weighted by Gasteiger charge is -2.12. The van der Waals surface area contributed by atoms with E-state index in [1.54, 1.807) is 30.3 Å². The summed E-state index contributed by atoms with van der Waals surface area (Å²) in [4.78, 5) is 16.9. The Hall–Kier alpha value is -3.39. The smallest absolute Gasteiger partial charge is 0.255 e. The fourth-order valence-electron chi connectivity index (χ4n) is 2.61. The molecular weight excluding hydrogens is 358 g/mol. The number of anilines is 1. The zero-order chi connectivity index (χ0) is 19.9. The van der Waals surface area contributed by atoms with Gasteiger partial charge in [0.1, 0.15) is 5.82 Å². The minimum absolute atomic E-state index is 0.236. The highest BCUT2D eigenvalue weighted by molar-refractivity contribution is 6.04. The van der Waals surface area contributed by atoms with E-state index in [4.69, 9.17) is 15.2 Å². The second-order valence-electron chi connectivity index (χ2n) is 5.87.